The van der Waals surface area contributed by atoms with Crippen molar-refractivity contribution < 1.29 is 18.7 Å². The summed E-state index contributed by atoms with van der Waals surface area (Å²) in [6.45, 7) is 2.43. The molecule has 1 aromatic carbocycles. The quantitative estimate of drug-likeness (QED) is 0.891. The molecule has 21 heavy (non-hydrogen) atoms. The molecule has 0 radical (unpaired) electrons. The van der Waals surface area contributed by atoms with E-state index in [1.807, 2.05) is 6.92 Å². The van der Waals surface area contributed by atoms with Crippen LogP contribution in [0.5, 0.6) is 0 Å². The number of benzene rings is 1. The average molecular weight is 294 g/mol. The molecule has 0 spiro atoms. The van der Waals surface area contributed by atoms with Crippen LogP contribution in [0.1, 0.15) is 13.3 Å². The molecule has 0 unspecified atom stereocenters. The van der Waals surface area contributed by atoms with E-state index in [-0.39, 0.29) is 36.5 Å². The summed E-state index contributed by atoms with van der Waals surface area (Å²) in [5.74, 6) is -1.36. The van der Waals surface area contributed by atoms with Gasteiger partial charge in [0, 0.05) is 26.1 Å². The highest BCUT2D eigenvalue weighted by atomic mass is 19.1. The molecular formula is C15H19FN2O3. The normalized spacial score (nSPS) is 19.7. The highest BCUT2D eigenvalue weighted by Crippen LogP contribution is 2.27. The van der Waals surface area contributed by atoms with E-state index in [2.05, 4.69) is 5.32 Å². The van der Waals surface area contributed by atoms with Crippen molar-refractivity contribution in [3.8, 4) is 0 Å². The lowest BCUT2D eigenvalue weighted by atomic mass is 10.1. The number of rotatable bonds is 5. The van der Waals surface area contributed by atoms with Crippen molar-refractivity contribution in [2.45, 2.75) is 19.4 Å². The first-order valence-electron chi connectivity index (χ1n) is 6.87. The van der Waals surface area contributed by atoms with Gasteiger partial charge in [0.25, 0.3) is 0 Å². The van der Waals surface area contributed by atoms with E-state index in [0.29, 0.717) is 6.61 Å². The molecule has 0 aliphatic carbocycles. The number of para-hydroxylation sites is 1. The summed E-state index contributed by atoms with van der Waals surface area (Å²) in [6, 6.07) is 5.95. The molecule has 114 valence electrons. The van der Waals surface area contributed by atoms with E-state index in [1.165, 1.54) is 11.0 Å². The second kappa shape index (κ2) is 6.67. The van der Waals surface area contributed by atoms with Crippen molar-refractivity contribution >= 4 is 17.5 Å². The van der Waals surface area contributed by atoms with Crippen molar-refractivity contribution in [3.63, 3.8) is 0 Å². The Hall–Kier alpha value is -1.95. The maximum atomic E-state index is 13.7. The van der Waals surface area contributed by atoms with E-state index in [1.54, 1.807) is 25.3 Å². The van der Waals surface area contributed by atoms with Crippen molar-refractivity contribution in [1.82, 2.24) is 5.32 Å². The van der Waals surface area contributed by atoms with Gasteiger partial charge in [-0.2, -0.15) is 0 Å². The lowest BCUT2D eigenvalue weighted by molar-refractivity contribution is -0.127. The van der Waals surface area contributed by atoms with Crippen LogP contribution < -0.4 is 10.2 Å². The first-order valence-corrected chi connectivity index (χ1v) is 6.87. The number of halogens is 1. The van der Waals surface area contributed by atoms with Crippen LogP contribution in [0.25, 0.3) is 0 Å². The fourth-order valence-corrected chi connectivity index (χ4v) is 2.44. The molecule has 0 aromatic heterocycles. The third kappa shape index (κ3) is 3.58. The molecule has 1 aliphatic heterocycles. The first-order chi connectivity index (χ1) is 10.0. The Kier molecular flexibility index (Phi) is 4.90. The van der Waals surface area contributed by atoms with Gasteiger partial charge in [-0.05, 0) is 19.1 Å². The van der Waals surface area contributed by atoms with Crippen molar-refractivity contribution in [1.29, 1.82) is 0 Å². The zero-order valence-corrected chi connectivity index (χ0v) is 12.1. The zero-order chi connectivity index (χ0) is 15.4. The van der Waals surface area contributed by atoms with Crippen LogP contribution in [0.15, 0.2) is 24.3 Å². The number of methoxy groups -OCH3 is 1. The Balaban J connectivity index is 2.03. The number of ether oxygens (including phenoxy) is 1. The number of amides is 2. The topological polar surface area (TPSA) is 58.6 Å². The minimum absolute atomic E-state index is 0.0971. The minimum Gasteiger partial charge on any atom is -0.383 e. The van der Waals surface area contributed by atoms with E-state index in [0.717, 1.165) is 0 Å². The third-order valence-electron chi connectivity index (χ3n) is 3.44. The van der Waals surface area contributed by atoms with Crippen LogP contribution in [0.2, 0.25) is 0 Å². The number of nitrogens with zero attached hydrogens (tertiary/aromatic N) is 1. The van der Waals surface area contributed by atoms with Gasteiger partial charge in [-0.25, -0.2) is 4.39 Å². The number of anilines is 1. The van der Waals surface area contributed by atoms with Crippen LogP contribution in [-0.2, 0) is 14.3 Å². The Morgan fingerprint density at radius 2 is 2.24 bits per heavy atom. The van der Waals surface area contributed by atoms with Crippen LogP contribution in [-0.4, -0.2) is 38.1 Å². The molecule has 1 aromatic rings. The van der Waals surface area contributed by atoms with Crippen molar-refractivity contribution in [3.05, 3.63) is 30.1 Å². The highest BCUT2D eigenvalue weighted by molar-refractivity contribution is 6.00. The molecule has 1 aliphatic rings. The van der Waals surface area contributed by atoms with E-state index >= 15 is 0 Å². The molecule has 0 bridgehead atoms. The van der Waals surface area contributed by atoms with Crippen molar-refractivity contribution in [2.75, 3.05) is 25.2 Å². The van der Waals surface area contributed by atoms with E-state index in [9.17, 15) is 14.0 Å². The molecule has 1 heterocycles. The van der Waals surface area contributed by atoms with E-state index in [4.69, 9.17) is 4.74 Å². The molecule has 1 fully saturated rings. The second-order valence-electron chi connectivity index (χ2n) is 5.22. The summed E-state index contributed by atoms with van der Waals surface area (Å²) in [5, 5.41) is 2.79. The number of nitrogens with one attached hydrogen (secondary N) is 1. The zero-order valence-electron chi connectivity index (χ0n) is 12.1. The Morgan fingerprint density at radius 3 is 2.90 bits per heavy atom. The number of carbonyl (C=O) groups excluding carboxylic acids is 2. The Labute approximate surface area is 123 Å². The average Bonchev–Trinajstić information content (AvgIpc) is 2.81. The smallest absolute Gasteiger partial charge is 0.227 e. The van der Waals surface area contributed by atoms with Crippen molar-refractivity contribution in [2.24, 2.45) is 5.92 Å². The summed E-state index contributed by atoms with van der Waals surface area (Å²) in [4.78, 5) is 25.4. The fraction of sp³-hybridized carbons (Fsp3) is 0.467. The number of hydrogen-bond acceptors (Lipinski definition) is 3. The standard InChI is InChI=1S/C15H19FN2O3/c1-10(9-21-2)17-15(20)11-7-14(19)18(8-11)13-6-4-3-5-12(13)16/h3-6,10-11H,7-9H2,1-2H3,(H,17,20)/t10-,11+/m1/s1. The summed E-state index contributed by atoms with van der Waals surface area (Å²) >= 11 is 0. The monoisotopic (exact) mass is 294 g/mol. The molecular weight excluding hydrogens is 275 g/mol. The SMILES string of the molecule is COC[C@@H](C)NC(=O)[C@H]1CC(=O)N(c2ccccc2F)C1. The predicted molar refractivity (Wildman–Crippen MR) is 76.3 cm³/mol. The van der Waals surface area contributed by atoms with Gasteiger partial charge in [0.1, 0.15) is 5.82 Å². The highest BCUT2D eigenvalue weighted by Gasteiger charge is 2.36. The summed E-state index contributed by atoms with van der Waals surface area (Å²) < 4.78 is 18.7. The number of hydrogen-bond donors (Lipinski definition) is 1. The lowest BCUT2D eigenvalue weighted by Gasteiger charge is -2.18. The van der Waals surface area contributed by atoms with Gasteiger partial charge in [-0.3, -0.25) is 9.59 Å². The second-order valence-corrected chi connectivity index (χ2v) is 5.22. The van der Waals surface area contributed by atoms with Crippen LogP contribution >= 0.6 is 0 Å². The third-order valence-corrected chi connectivity index (χ3v) is 3.44. The van der Waals surface area contributed by atoms with Gasteiger partial charge < -0.3 is 15.0 Å². The first kappa shape index (κ1) is 15.4. The molecule has 1 N–H and O–H groups in total. The summed E-state index contributed by atoms with van der Waals surface area (Å²) in [6.07, 6.45) is 0.0971. The molecule has 2 atom stereocenters. The van der Waals surface area contributed by atoms with Gasteiger partial charge in [0.05, 0.1) is 18.2 Å². The maximum absolute atomic E-state index is 13.7. The van der Waals surface area contributed by atoms with Gasteiger partial charge in [-0.1, -0.05) is 12.1 Å². The predicted octanol–water partition coefficient (Wildman–Crippen LogP) is 1.33. The minimum atomic E-state index is -0.462. The maximum Gasteiger partial charge on any atom is 0.227 e. The molecule has 1 saturated heterocycles. The van der Waals surface area contributed by atoms with Gasteiger partial charge in [-0.15, -0.1) is 0 Å². The largest absolute Gasteiger partial charge is 0.383 e. The Morgan fingerprint density at radius 1 is 1.52 bits per heavy atom. The number of carbonyl (C=O) groups is 2. The van der Waals surface area contributed by atoms with Crippen LogP contribution in [0.3, 0.4) is 0 Å². The van der Waals surface area contributed by atoms with E-state index < -0.39 is 11.7 Å². The van der Waals surface area contributed by atoms with Crippen LogP contribution in [0.4, 0.5) is 10.1 Å². The molecule has 0 saturated carbocycles. The lowest BCUT2D eigenvalue weighted by Crippen LogP contribution is -2.40. The molecule has 6 heteroatoms. The molecule has 2 rings (SSSR count). The molecule has 2 amide bonds. The van der Waals surface area contributed by atoms with Gasteiger partial charge in [0.15, 0.2) is 0 Å². The molecule has 5 nitrogen and oxygen atoms in total. The summed E-state index contributed by atoms with van der Waals surface area (Å²) in [5.41, 5.74) is 0.225. The van der Waals surface area contributed by atoms with Gasteiger partial charge in [0.2, 0.25) is 11.8 Å². The fourth-order valence-electron chi connectivity index (χ4n) is 2.44. The van der Waals surface area contributed by atoms with Crippen LogP contribution in [0, 0.1) is 11.7 Å². The summed E-state index contributed by atoms with van der Waals surface area (Å²) in [7, 11) is 1.56. The van der Waals surface area contributed by atoms with Gasteiger partial charge >= 0.3 is 0 Å². The Bertz CT molecular complexity index is 535.